The molecule has 0 radical (unpaired) electrons. The molecule has 0 amide bonds. The van der Waals surface area contributed by atoms with Gasteiger partial charge in [0.15, 0.2) is 15.0 Å². The molecule has 5 nitrogen and oxygen atoms in total. The van der Waals surface area contributed by atoms with E-state index in [9.17, 15) is 8.42 Å². The van der Waals surface area contributed by atoms with Gasteiger partial charge in [0.2, 0.25) is 0 Å². The van der Waals surface area contributed by atoms with Gasteiger partial charge in [-0.25, -0.2) is 13.4 Å². The maximum Gasteiger partial charge on any atom is 0.183 e. The maximum absolute atomic E-state index is 11.8. The van der Waals surface area contributed by atoms with Crippen molar-refractivity contribution in [2.24, 2.45) is 0 Å². The summed E-state index contributed by atoms with van der Waals surface area (Å²) < 4.78 is 25.9. The molecular weight excluding hydrogens is 354 g/mol. The van der Waals surface area contributed by atoms with E-state index >= 15 is 0 Å². The molecule has 1 aliphatic heterocycles. The molecule has 1 saturated heterocycles. The average molecular weight is 380 g/mol. The largest absolute Gasteiger partial charge is 0.359 e. The predicted octanol–water partition coefficient (Wildman–Crippen LogP) is 3.94. The van der Waals surface area contributed by atoms with Crippen molar-refractivity contribution in [1.82, 2.24) is 9.55 Å². The minimum atomic E-state index is -2.89. The van der Waals surface area contributed by atoms with Crippen LogP contribution < -0.4 is 5.32 Å². The van der Waals surface area contributed by atoms with Crippen molar-refractivity contribution >= 4 is 26.3 Å². The molecule has 2 fully saturated rings. The van der Waals surface area contributed by atoms with Gasteiger partial charge in [0.25, 0.3) is 0 Å². The summed E-state index contributed by atoms with van der Waals surface area (Å²) in [5.41, 5.74) is 4.36. The van der Waals surface area contributed by atoms with Crippen molar-refractivity contribution in [3.05, 3.63) is 22.8 Å². The van der Waals surface area contributed by atoms with Gasteiger partial charge in [-0.1, -0.05) is 12.8 Å². The SMILES string of the molecule is Cc1cc(-c2csc(NC3CCCC3)n2)c(C)n1[C@H]1CCS(=O)(=O)C1. The normalized spacial score (nSPS) is 23.4. The maximum atomic E-state index is 11.8. The van der Waals surface area contributed by atoms with Gasteiger partial charge in [0.1, 0.15) is 0 Å². The third-order valence-electron chi connectivity index (χ3n) is 5.52. The molecule has 0 aromatic carbocycles. The molecule has 0 unspecified atom stereocenters. The Morgan fingerprint density at radius 1 is 1.24 bits per heavy atom. The summed E-state index contributed by atoms with van der Waals surface area (Å²) >= 11 is 1.66. The first-order chi connectivity index (χ1) is 11.9. The molecule has 2 aromatic rings. The molecule has 0 bridgehead atoms. The molecule has 1 saturated carbocycles. The highest BCUT2D eigenvalue weighted by Crippen LogP contribution is 2.35. The minimum absolute atomic E-state index is 0.0634. The van der Waals surface area contributed by atoms with Crippen molar-refractivity contribution in [1.29, 1.82) is 0 Å². The molecule has 25 heavy (non-hydrogen) atoms. The van der Waals surface area contributed by atoms with Crippen LogP contribution in [0.5, 0.6) is 0 Å². The Morgan fingerprint density at radius 3 is 2.68 bits per heavy atom. The lowest BCUT2D eigenvalue weighted by Crippen LogP contribution is -2.14. The third-order valence-corrected chi connectivity index (χ3v) is 8.04. The van der Waals surface area contributed by atoms with Crippen molar-refractivity contribution in [3.8, 4) is 11.3 Å². The summed E-state index contributed by atoms with van der Waals surface area (Å²) in [6.45, 7) is 4.14. The van der Waals surface area contributed by atoms with E-state index in [1.165, 1.54) is 25.7 Å². The van der Waals surface area contributed by atoms with E-state index < -0.39 is 9.84 Å². The van der Waals surface area contributed by atoms with Crippen LogP contribution in [0.25, 0.3) is 11.3 Å². The van der Waals surface area contributed by atoms with Crippen molar-refractivity contribution in [2.75, 3.05) is 16.8 Å². The fourth-order valence-electron chi connectivity index (χ4n) is 4.29. The van der Waals surface area contributed by atoms with Crippen LogP contribution >= 0.6 is 11.3 Å². The third kappa shape index (κ3) is 3.36. The Hall–Kier alpha value is -1.34. The Balaban J connectivity index is 1.59. The first-order valence-electron chi connectivity index (χ1n) is 9.04. The molecule has 2 aliphatic rings. The molecule has 3 heterocycles. The zero-order chi connectivity index (χ0) is 17.6. The fourth-order valence-corrected chi connectivity index (χ4v) is 6.77. The summed E-state index contributed by atoms with van der Waals surface area (Å²) in [7, 11) is -2.89. The lowest BCUT2D eigenvalue weighted by Gasteiger charge is -2.16. The van der Waals surface area contributed by atoms with Crippen LogP contribution in [0.3, 0.4) is 0 Å². The average Bonchev–Trinajstić information content (AvgIpc) is 3.30. The van der Waals surface area contributed by atoms with Gasteiger partial charge < -0.3 is 9.88 Å². The first-order valence-corrected chi connectivity index (χ1v) is 11.7. The predicted molar refractivity (Wildman–Crippen MR) is 103 cm³/mol. The van der Waals surface area contributed by atoms with E-state index in [-0.39, 0.29) is 11.8 Å². The lowest BCUT2D eigenvalue weighted by atomic mass is 10.2. The first kappa shape index (κ1) is 17.1. The van der Waals surface area contributed by atoms with Crippen LogP contribution in [-0.2, 0) is 9.84 Å². The Kier molecular flexibility index (Phi) is 4.40. The zero-order valence-electron chi connectivity index (χ0n) is 14.8. The van der Waals surface area contributed by atoms with Crippen LogP contribution in [-0.4, -0.2) is 35.5 Å². The second kappa shape index (κ2) is 6.43. The van der Waals surface area contributed by atoms with Gasteiger partial charge in [-0.05, 0) is 39.2 Å². The highest BCUT2D eigenvalue weighted by molar-refractivity contribution is 7.91. The van der Waals surface area contributed by atoms with E-state index in [0.717, 1.165) is 27.8 Å². The number of nitrogens with zero attached hydrogens (tertiary/aromatic N) is 2. The van der Waals surface area contributed by atoms with Crippen molar-refractivity contribution in [3.63, 3.8) is 0 Å². The van der Waals surface area contributed by atoms with Crippen LogP contribution in [0.1, 0.15) is 49.5 Å². The minimum Gasteiger partial charge on any atom is -0.359 e. The second-order valence-corrected chi connectivity index (χ2v) is 10.5. The van der Waals surface area contributed by atoms with Crippen molar-refractivity contribution < 1.29 is 8.42 Å². The van der Waals surface area contributed by atoms with Crippen LogP contribution in [0.4, 0.5) is 5.13 Å². The molecule has 136 valence electrons. The quantitative estimate of drug-likeness (QED) is 0.874. The molecule has 4 rings (SSSR count). The number of hydrogen-bond donors (Lipinski definition) is 1. The monoisotopic (exact) mass is 379 g/mol. The van der Waals surface area contributed by atoms with E-state index in [4.69, 9.17) is 4.98 Å². The highest BCUT2D eigenvalue weighted by atomic mass is 32.2. The topological polar surface area (TPSA) is 64.0 Å². The lowest BCUT2D eigenvalue weighted by molar-refractivity contribution is 0.536. The van der Waals surface area contributed by atoms with Gasteiger partial charge in [-0.2, -0.15) is 0 Å². The smallest absolute Gasteiger partial charge is 0.183 e. The summed E-state index contributed by atoms with van der Waals surface area (Å²) in [4.78, 5) is 4.79. The number of nitrogens with one attached hydrogen (secondary N) is 1. The van der Waals surface area contributed by atoms with E-state index in [1.54, 1.807) is 11.3 Å². The number of anilines is 1. The Labute approximate surface area is 153 Å². The molecular formula is C18H25N3O2S2. The van der Waals surface area contributed by atoms with E-state index in [1.807, 2.05) is 0 Å². The standard InChI is InChI=1S/C18H25N3O2S2/c1-12-9-16(13(2)21(12)15-7-8-25(22,23)11-15)17-10-24-18(20-17)19-14-5-3-4-6-14/h9-10,14-15H,3-8,11H2,1-2H3,(H,19,20)/t15-/m0/s1. The number of aromatic nitrogens is 2. The number of sulfone groups is 1. The molecule has 1 N–H and O–H groups in total. The summed E-state index contributed by atoms with van der Waals surface area (Å²) in [6, 6.07) is 2.78. The number of hydrogen-bond acceptors (Lipinski definition) is 5. The van der Waals surface area contributed by atoms with Crippen molar-refractivity contribution in [2.45, 2.75) is 58.0 Å². The van der Waals surface area contributed by atoms with E-state index in [2.05, 4.69) is 35.2 Å². The van der Waals surface area contributed by atoms with Gasteiger partial charge in [-0.15, -0.1) is 11.3 Å². The summed E-state index contributed by atoms with van der Waals surface area (Å²) in [5.74, 6) is 0.560. The van der Waals surface area contributed by atoms with Crippen LogP contribution in [0.2, 0.25) is 0 Å². The molecule has 7 heteroatoms. The number of aryl methyl sites for hydroxylation is 1. The van der Waals surface area contributed by atoms with Crippen LogP contribution in [0, 0.1) is 13.8 Å². The number of rotatable bonds is 4. The molecule has 1 aliphatic carbocycles. The Bertz CT molecular complexity index is 876. The van der Waals surface area contributed by atoms with Gasteiger partial charge in [-0.3, -0.25) is 0 Å². The van der Waals surface area contributed by atoms with E-state index in [0.29, 0.717) is 18.2 Å². The molecule has 2 aromatic heterocycles. The summed E-state index contributed by atoms with van der Waals surface area (Å²) in [5, 5.41) is 6.66. The highest BCUT2D eigenvalue weighted by Gasteiger charge is 2.31. The Morgan fingerprint density at radius 2 is 2.00 bits per heavy atom. The number of thiazole rings is 1. The molecule has 1 atom stereocenters. The van der Waals surface area contributed by atoms with Crippen LogP contribution in [0.15, 0.2) is 11.4 Å². The van der Waals surface area contributed by atoms with Gasteiger partial charge in [0.05, 0.1) is 17.2 Å². The molecule has 0 spiro atoms. The second-order valence-electron chi connectivity index (χ2n) is 7.38. The zero-order valence-corrected chi connectivity index (χ0v) is 16.4. The fraction of sp³-hybridized carbons (Fsp3) is 0.611. The van der Waals surface area contributed by atoms with Gasteiger partial charge in [0, 0.05) is 34.4 Å². The summed E-state index contributed by atoms with van der Waals surface area (Å²) in [6.07, 6.45) is 5.80. The van der Waals surface area contributed by atoms with Gasteiger partial charge >= 0.3 is 0 Å².